The molecule has 1 fully saturated rings. The Hall–Kier alpha value is -2.14. The number of nitrogens with zero attached hydrogens (tertiary/aromatic N) is 1. The maximum Gasteiger partial charge on any atom is 0.243 e. The number of benzene rings is 1. The average Bonchev–Trinajstić information content (AvgIpc) is 2.81. The fourth-order valence-corrected chi connectivity index (χ4v) is 2.60. The van der Waals surface area contributed by atoms with Crippen molar-refractivity contribution < 1.29 is 9.32 Å². The molecule has 0 bridgehead atoms. The Morgan fingerprint density at radius 2 is 2.10 bits per heavy atom. The Morgan fingerprint density at radius 1 is 1.24 bits per heavy atom. The summed E-state index contributed by atoms with van der Waals surface area (Å²) in [6, 6.07) is 9.62. The highest BCUT2D eigenvalue weighted by atomic mass is 16.5. The van der Waals surface area contributed by atoms with Gasteiger partial charge in [-0.2, -0.15) is 0 Å². The molecule has 1 aromatic carbocycles. The van der Waals surface area contributed by atoms with Gasteiger partial charge in [-0.05, 0) is 24.9 Å². The molecule has 5 nitrogen and oxygen atoms in total. The summed E-state index contributed by atoms with van der Waals surface area (Å²) in [5.41, 5.74) is 1.78. The maximum absolute atomic E-state index is 12.3. The predicted molar refractivity (Wildman–Crippen MR) is 80.8 cm³/mol. The number of carbonyl (C=O) groups is 1. The topological polar surface area (TPSA) is 67.2 Å². The SMILES string of the molecule is O=C(Nc1oncc1-c1ccccc1)C1CCCCCN1. The molecule has 110 valence electrons. The summed E-state index contributed by atoms with van der Waals surface area (Å²) < 4.78 is 5.20. The van der Waals surface area contributed by atoms with Gasteiger partial charge in [-0.3, -0.25) is 10.1 Å². The number of amides is 1. The third-order valence-corrected chi connectivity index (χ3v) is 3.77. The zero-order valence-corrected chi connectivity index (χ0v) is 11.8. The van der Waals surface area contributed by atoms with Crippen LogP contribution in [-0.4, -0.2) is 23.7 Å². The second-order valence-electron chi connectivity index (χ2n) is 5.28. The minimum Gasteiger partial charge on any atom is -0.338 e. The lowest BCUT2D eigenvalue weighted by Gasteiger charge is -2.14. The van der Waals surface area contributed by atoms with Crippen molar-refractivity contribution in [3.63, 3.8) is 0 Å². The molecule has 0 radical (unpaired) electrons. The van der Waals surface area contributed by atoms with Gasteiger partial charge in [0.05, 0.1) is 17.8 Å². The molecule has 5 heteroatoms. The quantitative estimate of drug-likeness (QED) is 0.910. The summed E-state index contributed by atoms with van der Waals surface area (Å²) in [6.45, 7) is 0.889. The molecule has 1 aliphatic heterocycles. The van der Waals surface area contributed by atoms with Crippen molar-refractivity contribution in [3.05, 3.63) is 36.5 Å². The normalized spacial score (nSPS) is 19.0. The van der Waals surface area contributed by atoms with Crippen LogP contribution in [0.1, 0.15) is 25.7 Å². The number of rotatable bonds is 3. The molecule has 1 atom stereocenters. The largest absolute Gasteiger partial charge is 0.338 e. The Morgan fingerprint density at radius 3 is 2.95 bits per heavy atom. The van der Waals surface area contributed by atoms with Gasteiger partial charge in [0.25, 0.3) is 0 Å². The summed E-state index contributed by atoms with van der Waals surface area (Å²) in [4.78, 5) is 12.3. The molecule has 1 aromatic heterocycles. The van der Waals surface area contributed by atoms with E-state index in [0.717, 1.165) is 36.9 Å². The first-order chi connectivity index (χ1) is 10.3. The first kappa shape index (κ1) is 13.8. The van der Waals surface area contributed by atoms with E-state index in [9.17, 15) is 4.79 Å². The number of carbonyl (C=O) groups excluding carboxylic acids is 1. The van der Waals surface area contributed by atoms with E-state index < -0.39 is 0 Å². The van der Waals surface area contributed by atoms with Crippen LogP contribution in [0, 0.1) is 0 Å². The third kappa shape index (κ3) is 3.31. The first-order valence-corrected chi connectivity index (χ1v) is 7.39. The summed E-state index contributed by atoms with van der Waals surface area (Å²) >= 11 is 0. The molecule has 21 heavy (non-hydrogen) atoms. The summed E-state index contributed by atoms with van der Waals surface area (Å²) in [5.74, 6) is 0.364. The van der Waals surface area contributed by atoms with Crippen LogP contribution >= 0.6 is 0 Å². The highest BCUT2D eigenvalue weighted by molar-refractivity contribution is 5.96. The minimum absolute atomic E-state index is 0.0502. The molecule has 2 heterocycles. The van der Waals surface area contributed by atoms with Crippen LogP contribution in [0.25, 0.3) is 11.1 Å². The van der Waals surface area contributed by atoms with Gasteiger partial charge >= 0.3 is 0 Å². The Balaban J connectivity index is 1.73. The fourth-order valence-electron chi connectivity index (χ4n) is 2.60. The molecular weight excluding hydrogens is 266 g/mol. The smallest absolute Gasteiger partial charge is 0.243 e. The fraction of sp³-hybridized carbons (Fsp3) is 0.375. The maximum atomic E-state index is 12.3. The highest BCUT2D eigenvalue weighted by Gasteiger charge is 2.22. The summed E-state index contributed by atoms with van der Waals surface area (Å²) in [7, 11) is 0. The zero-order valence-electron chi connectivity index (χ0n) is 11.8. The molecule has 1 amide bonds. The van der Waals surface area contributed by atoms with Gasteiger partial charge in [0.1, 0.15) is 0 Å². The standard InChI is InChI=1S/C16H19N3O2/c20-15(14-9-5-2-6-10-17-14)19-16-13(11-18-21-16)12-7-3-1-4-8-12/h1,3-4,7-8,11,14,17H,2,5-6,9-10H2,(H,19,20). The molecule has 0 spiro atoms. The van der Waals surface area contributed by atoms with E-state index in [1.54, 1.807) is 6.20 Å². The van der Waals surface area contributed by atoms with E-state index in [2.05, 4.69) is 15.8 Å². The second-order valence-corrected chi connectivity index (χ2v) is 5.28. The van der Waals surface area contributed by atoms with Crippen LogP contribution in [0.2, 0.25) is 0 Å². The van der Waals surface area contributed by atoms with Crippen molar-refractivity contribution in [2.24, 2.45) is 0 Å². The van der Waals surface area contributed by atoms with Crippen molar-refractivity contribution in [1.29, 1.82) is 0 Å². The minimum atomic E-state index is -0.152. The molecule has 1 unspecified atom stereocenters. The van der Waals surface area contributed by atoms with Crippen molar-refractivity contribution >= 4 is 11.8 Å². The van der Waals surface area contributed by atoms with Gasteiger partial charge in [0.15, 0.2) is 0 Å². The van der Waals surface area contributed by atoms with E-state index >= 15 is 0 Å². The van der Waals surface area contributed by atoms with Gasteiger partial charge in [-0.1, -0.05) is 48.3 Å². The Bertz CT molecular complexity index is 587. The Kier molecular flexibility index (Phi) is 4.31. The van der Waals surface area contributed by atoms with Crippen molar-refractivity contribution in [2.75, 3.05) is 11.9 Å². The zero-order chi connectivity index (χ0) is 14.5. The molecule has 1 saturated heterocycles. The number of aromatic nitrogens is 1. The van der Waals surface area contributed by atoms with Gasteiger partial charge in [0, 0.05) is 0 Å². The van der Waals surface area contributed by atoms with E-state index in [4.69, 9.17) is 4.52 Å². The van der Waals surface area contributed by atoms with E-state index in [1.165, 1.54) is 6.42 Å². The monoisotopic (exact) mass is 285 g/mol. The molecule has 3 rings (SSSR count). The Labute approximate surface area is 123 Å². The molecule has 0 aliphatic carbocycles. The number of anilines is 1. The average molecular weight is 285 g/mol. The van der Waals surface area contributed by atoms with Crippen molar-refractivity contribution in [2.45, 2.75) is 31.7 Å². The molecule has 1 aliphatic rings. The highest BCUT2D eigenvalue weighted by Crippen LogP contribution is 2.27. The lowest BCUT2D eigenvalue weighted by molar-refractivity contribution is -0.118. The van der Waals surface area contributed by atoms with Crippen LogP contribution in [0.5, 0.6) is 0 Å². The van der Waals surface area contributed by atoms with Gasteiger partial charge in [-0.15, -0.1) is 0 Å². The van der Waals surface area contributed by atoms with Gasteiger partial charge < -0.3 is 9.84 Å². The number of hydrogen-bond acceptors (Lipinski definition) is 4. The van der Waals surface area contributed by atoms with Crippen LogP contribution in [0.4, 0.5) is 5.88 Å². The predicted octanol–water partition coefficient (Wildman–Crippen LogP) is 2.81. The van der Waals surface area contributed by atoms with Crippen LogP contribution < -0.4 is 10.6 Å². The second kappa shape index (κ2) is 6.54. The van der Waals surface area contributed by atoms with Gasteiger partial charge in [0.2, 0.25) is 11.8 Å². The lowest BCUT2D eigenvalue weighted by atomic mass is 10.1. The van der Waals surface area contributed by atoms with Crippen LogP contribution in [0.15, 0.2) is 41.1 Å². The van der Waals surface area contributed by atoms with Crippen molar-refractivity contribution in [1.82, 2.24) is 10.5 Å². The van der Waals surface area contributed by atoms with Crippen LogP contribution in [0.3, 0.4) is 0 Å². The van der Waals surface area contributed by atoms with E-state index in [0.29, 0.717) is 5.88 Å². The molecule has 0 saturated carbocycles. The lowest BCUT2D eigenvalue weighted by Crippen LogP contribution is -2.39. The molecule has 2 N–H and O–H groups in total. The van der Waals surface area contributed by atoms with Gasteiger partial charge in [-0.25, -0.2) is 0 Å². The molecular formula is C16H19N3O2. The first-order valence-electron chi connectivity index (χ1n) is 7.39. The van der Waals surface area contributed by atoms with Crippen LogP contribution in [-0.2, 0) is 4.79 Å². The third-order valence-electron chi connectivity index (χ3n) is 3.77. The van der Waals surface area contributed by atoms with Crippen molar-refractivity contribution in [3.8, 4) is 11.1 Å². The number of hydrogen-bond donors (Lipinski definition) is 2. The van der Waals surface area contributed by atoms with E-state index in [-0.39, 0.29) is 11.9 Å². The van der Waals surface area contributed by atoms with E-state index in [1.807, 2.05) is 30.3 Å². The number of nitrogens with one attached hydrogen (secondary N) is 2. The summed E-state index contributed by atoms with van der Waals surface area (Å²) in [6.07, 6.45) is 5.87. The molecule has 2 aromatic rings. The summed E-state index contributed by atoms with van der Waals surface area (Å²) in [5, 5.41) is 9.94.